The quantitative estimate of drug-likeness (QED) is 0.491. The Balaban J connectivity index is 0.000000437. The first kappa shape index (κ1) is 13.2. The zero-order valence-corrected chi connectivity index (χ0v) is 9.54. The van der Waals surface area contributed by atoms with Gasteiger partial charge in [0.15, 0.2) is 0 Å². The molecule has 0 bridgehead atoms. The van der Waals surface area contributed by atoms with Gasteiger partial charge in [-0.25, -0.2) is 0 Å². The predicted octanol–water partition coefficient (Wildman–Crippen LogP) is 0.745. The molecule has 1 aliphatic carbocycles. The maximum absolute atomic E-state index is 8.58. The Morgan fingerprint density at radius 3 is 2.24 bits per heavy atom. The lowest BCUT2D eigenvalue weighted by Crippen LogP contribution is -2.47. The second-order valence-electron chi connectivity index (χ2n) is 3.81. The van der Waals surface area contributed by atoms with E-state index in [1.165, 1.54) is 11.1 Å². The molecule has 0 heterocycles. The highest BCUT2D eigenvalue weighted by Crippen LogP contribution is 2.22. The molecule has 0 fully saturated rings. The van der Waals surface area contributed by atoms with Crippen LogP contribution in [0.5, 0.6) is 0 Å². The number of hydrogen-bond acceptors (Lipinski definition) is 3. The van der Waals surface area contributed by atoms with Crippen molar-refractivity contribution in [3.63, 3.8) is 0 Å². The van der Waals surface area contributed by atoms with Crippen LogP contribution >= 0.6 is 0 Å². The van der Waals surface area contributed by atoms with Gasteiger partial charge in [-0.1, -0.05) is 42.5 Å². The topological polar surface area (TPSA) is 95.1 Å². The molecule has 1 aromatic rings. The van der Waals surface area contributed by atoms with E-state index in [-0.39, 0.29) is 6.41 Å². The van der Waals surface area contributed by atoms with Gasteiger partial charge in [0.05, 0.1) is 5.66 Å². The number of primary amides is 1. The van der Waals surface area contributed by atoms with E-state index in [9.17, 15) is 0 Å². The number of benzene rings is 1. The van der Waals surface area contributed by atoms with Gasteiger partial charge in [0.25, 0.3) is 0 Å². The van der Waals surface area contributed by atoms with Crippen LogP contribution in [0.3, 0.4) is 0 Å². The molecule has 1 aliphatic rings. The Labute approximate surface area is 101 Å². The van der Waals surface area contributed by atoms with Gasteiger partial charge in [0.2, 0.25) is 6.41 Å². The molecule has 1 aromatic carbocycles. The summed E-state index contributed by atoms with van der Waals surface area (Å²) < 4.78 is 0. The Morgan fingerprint density at radius 2 is 1.76 bits per heavy atom. The minimum Gasteiger partial charge on any atom is -0.372 e. The molecule has 90 valence electrons. The predicted molar refractivity (Wildman–Crippen MR) is 69.5 cm³/mol. The first-order valence-corrected chi connectivity index (χ1v) is 5.27. The van der Waals surface area contributed by atoms with Gasteiger partial charge in [-0.05, 0) is 17.2 Å². The highest BCUT2D eigenvalue weighted by atomic mass is 16.1. The van der Waals surface area contributed by atoms with Crippen LogP contribution in [-0.2, 0) is 4.79 Å². The summed E-state index contributed by atoms with van der Waals surface area (Å²) in [7, 11) is 0. The van der Waals surface area contributed by atoms with Crippen molar-refractivity contribution in [1.29, 1.82) is 0 Å². The van der Waals surface area contributed by atoms with Crippen LogP contribution in [0.2, 0.25) is 0 Å². The van der Waals surface area contributed by atoms with Crippen LogP contribution < -0.4 is 17.2 Å². The lowest BCUT2D eigenvalue weighted by molar-refractivity contribution is -0.106. The number of hydrogen-bond donors (Lipinski definition) is 3. The minimum absolute atomic E-state index is 0.250. The summed E-state index contributed by atoms with van der Waals surface area (Å²) in [6.07, 6.45) is 6.86. The summed E-state index contributed by atoms with van der Waals surface area (Å²) in [4.78, 5) is 8.58. The molecule has 0 unspecified atom stereocenters. The molecule has 0 saturated carbocycles. The lowest BCUT2D eigenvalue weighted by atomic mass is 9.94. The van der Waals surface area contributed by atoms with E-state index in [4.69, 9.17) is 16.3 Å². The number of carbonyl (C=O) groups is 1. The third-order valence-corrected chi connectivity index (χ3v) is 2.36. The van der Waals surface area contributed by atoms with Crippen molar-refractivity contribution in [1.82, 2.24) is 0 Å². The van der Waals surface area contributed by atoms with Crippen LogP contribution in [0.25, 0.3) is 5.57 Å². The third-order valence-electron chi connectivity index (χ3n) is 2.36. The molecule has 4 nitrogen and oxygen atoms in total. The average Bonchev–Trinajstić information content (AvgIpc) is 2.31. The Morgan fingerprint density at radius 1 is 1.18 bits per heavy atom. The van der Waals surface area contributed by atoms with E-state index in [0.29, 0.717) is 6.42 Å². The monoisotopic (exact) mass is 231 g/mol. The summed E-state index contributed by atoms with van der Waals surface area (Å²) >= 11 is 0. The Bertz CT molecular complexity index is 422. The normalized spacial score (nSPS) is 16.5. The van der Waals surface area contributed by atoms with Crippen LogP contribution in [0, 0.1) is 0 Å². The highest BCUT2D eigenvalue weighted by molar-refractivity contribution is 5.75. The SMILES string of the molecule is NC1(N)C=CC(c2ccccc2)=CC1.NC=O. The number of rotatable bonds is 1. The summed E-state index contributed by atoms with van der Waals surface area (Å²) in [5.41, 5.74) is 17.4. The third kappa shape index (κ3) is 4.22. The molecule has 0 saturated heterocycles. The molecule has 2 rings (SSSR count). The summed E-state index contributed by atoms with van der Waals surface area (Å²) in [6.45, 7) is 0. The fraction of sp³-hybridized carbons (Fsp3) is 0.154. The van der Waals surface area contributed by atoms with E-state index in [1.807, 2.05) is 30.4 Å². The Kier molecular flexibility index (Phi) is 4.63. The zero-order valence-electron chi connectivity index (χ0n) is 9.54. The number of amides is 1. The average molecular weight is 231 g/mol. The fourth-order valence-corrected chi connectivity index (χ4v) is 1.51. The van der Waals surface area contributed by atoms with Crippen molar-refractivity contribution in [2.24, 2.45) is 17.2 Å². The minimum atomic E-state index is -0.668. The van der Waals surface area contributed by atoms with E-state index in [1.54, 1.807) is 0 Å². The van der Waals surface area contributed by atoms with Gasteiger partial charge >= 0.3 is 0 Å². The molecule has 0 aliphatic heterocycles. The van der Waals surface area contributed by atoms with E-state index in [2.05, 4.69) is 23.9 Å². The maximum atomic E-state index is 8.58. The molecule has 0 aromatic heterocycles. The van der Waals surface area contributed by atoms with Gasteiger partial charge < -0.3 is 17.2 Å². The van der Waals surface area contributed by atoms with Crippen molar-refractivity contribution in [3.05, 3.63) is 54.1 Å². The van der Waals surface area contributed by atoms with Gasteiger partial charge in [-0.15, -0.1) is 0 Å². The Hall–Kier alpha value is -1.91. The second kappa shape index (κ2) is 5.98. The molecule has 0 radical (unpaired) electrons. The van der Waals surface area contributed by atoms with Gasteiger partial charge in [0, 0.05) is 6.42 Å². The van der Waals surface area contributed by atoms with Crippen LogP contribution in [0.1, 0.15) is 12.0 Å². The van der Waals surface area contributed by atoms with E-state index < -0.39 is 5.66 Å². The molecule has 6 N–H and O–H groups in total. The lowest BCUT2D eigenvalue weighted by Gasteiger charge is -2.22. The molecule has 17 heavy (non-hydrogen) atoms. The first-order chi connectivity index (χ1) is 8.09. The summed E-state index contributed by atoms with van der Waals surface area (Å²) in [6, 6.07) is 10.2. The number of nitrogens with two attached hydrogens (primary N) is 3. The number of carbonyl (C=O) groups excluding carboxylic acids is 1. The van der Waals surface area contributed by atoms with Crippen LogP contribution in [0.4, 0.5) is 0 Å². The van der Waals surface area contributed by atoms with Crippen molar-refractivity contribution >= 4 is 12.0 Å². The smallest absolute Gasteiger partial charge is 0.204 e. The maximum Gasteiger partial charge on any atom is 0.204 e. The molecule has 4 heteroatoms. The molecular weight excluding hydrogens is 214 g/mol. The van der Waals surface area contributed by atoms with Gasteiger partial charge in [-0.3, -0.25) is 4.79 Å². The second-order valence-corrected chi connectivity index (χ2v) is 3.81. The van der Waals surface area contributed by atoms with Crippen LogP contribution in [-0.4, -0.2) is 12.1 Å². The van der Waals surface area contributed by atoms with Crippen molar-refractivity contribution in [2.75, 3.05) is 0 Å². The number of allylic oxidation sites excluding steroid dienone is 2. The van der Waals surface area contributed by atoms with Gasteiger partial charge in [-0.2, -0.15) is 0 Å². The first-order valence-electron chi connectivity index (χ1n) is 5.27. The standard InChI is InChI=1S/C12H14N2.CH3NO/c13-12(14)8-6-11(7-9-12)10-4-2-1-3-5-10;2-1-3/h1-8H,9,13-14H2;1H,(H2,2,3). The summed E-state index contributed by atoms with van der Waals surface area (Å²) in [5.74, 6) is 0. The molecular formula is C13H17N3O. The highest BCUT2D eigenvalue weighted by Gasteiger charge is 2.16. The molecule has 1 amide bonds. The van der Waals surface area contributed by atoms with Gasteiger partial charge in [0.1, 0.15) is 0 Å². The van der Waals surface area contributed by atoms with Crippen LogP contribution in [0.15, 0.2) is 48.6 Å². The van der Waals surface area contributed by atoms with Crippen molar-refractivity contribution < 1.29 is 4.79 Å². The van der Waals surface area contributed by atoms with Crippen molar-refractivity contribution in [3.8, 4) is 0 Å². The van der Waals surface area contributed by atoms with E-state index in [0.717, 1.165) is 0 Å². The summed E-state index contributed by atoms with van der Waals surface area (Å²) in [5, 5.41) is 0. The van der Waals surface area contributed by atoms with E-state index >= 15 is 0 Å². The fourth-order valence-electron chi connectivity index (χ4n) is 1.51. The largest absolute Gasteiger partial charge is 0.372 e. The van der Waals surface area contributed by atoms with Crippen molar-refractivity contribution in [2.45, 2.75) is 12.1 Å². The molecule has 0 spiro atoms. The zero-order chi connectivity index (χ0) is 12.7. The molecule has 0 atom stereocenters.